The van der Waals surface area contributed by atoms with Crippen LogP contribution in [0, 0.1) is 0 Å². The first-order chi connectivity index (χ1) is 8.67. The molecule has 2 unspecified atom stereocenters. The highest BCUT2D eigenvalue weighted by molar-refractivity contribution is 7.08. The maximum atomic E-state index is 6.36. The summed E-state index contributed by atoms with van der Waals surface area (Å²) in [7, 11) is 0. The second kappa shape index (κ2) is 4.48. The first kappa shape index (κ1) is 11.9. The summed E-state index contributed by atoms with van der Waals surface area (Å²) in [5, 5.41) is 8.10. The molecule has 4 nitrogen and oxygen atoms in total. The average molecular weight is 263 g/mol. The van der Waals surface area contributed by atoms with E-state index in [0.29, 0.717) is 11.7 Å². The Kier molecular flexibility index (Phi) is 2.95. The van der Waals surface area contributed by atoms with Gasteiger partial charge in [-0.2, -0.15) is 16.3 Å². The molecule has 18 heavy (non-hydrogen) atoms. The standard InChI is InChI=1S/C13H17N3OS/c1-13(14)6-3-2-4-10(13)12-15-11(16-17-12)9-5-7-18-8-9/h5,7-8,10H,2-4,6,14H2,1H3. The highest BCUT2D eigenvalue weighted by Crippen LogP contribution is 2.38. The third-order valence-corrected chi connectivity index (χ3v) is 4.46. The Morgan fingerprint density at radius 1 is 1.50 bits per heavy atom. The van der Waals surface area contributed by atoms with Crippen molar-refractivity contribution < 1.29 is 4.52 Å². The van der Waals surface area contributed by atoms with Gasteiger partial charge < -0.3 is 10.3 Å². The Balaban J connectivity index is 1.89. The van der Waals surface area contributed by atoms with Crippen molar-refractivity contribution in [3.63, 3.8) is 0 Å². The van der Waals surface area contributed by atoms with Crippen molar-refractivity contribution in [1.82, 2.24) is 10.1 Å². The smallest absolute Gasteiger partial charge is 0.231 e. The Hall–Kier alpha value is -1.20. The lowest BCUT2D eigenvalue weighted by Crippen LogP contribution is -2.44. The van der Waals surface area contributed by atoms with Gasteiger partial charge in [0.15, 0.2) is 0 Å². The first-order valence-corrected chi connectivity index (χ1v) is 7.26. The van der Waals surface area contributed by atoms with Gasteiger partial charge in [0.2, 0.25) is 11.7 Å². The Labute approximate surface area is 110 Å². The summed E-state index contributed by atoms with van der Waals surface area (Å²) >= 11 is 1.63. The summed E-state index contributed by atoms with van der Waals surface area (Å²) < 4.78 is 5.43. The fourth-order valence-corrected chi connectivity index (χ4v) is 3.28. The van der Waals surface area contributed by atoms with E-state index in [0.717, 1.165) is 18.4 Å². The predicted octanol–water partition coefficient (Wildman–Crippen LogP) is 3.17. The maximum absolute atomic E-state index is 6.36. The van der Waals surface area contributed by atoms with Crippen LogP contribution >= 0.6 is 11.3 Å². The van der Waals surface area contributed by atoms with Crippen molar-refractivity contribution >= 4 is 11.3 Å². The fraction of sp³-hybridized carbons (Fsp3) is 0.538. The molecule has 0 radical (unpaired) electrons. The van der Waals surface area contributed by atoms with Crippen LogP contribution in [0.15, 0.2) is 21.3 Å². The van der Waals surface area contributed by atoms with E-state index in [9.17, 15) is 0 Å². The molecule has 2 heterocycles. The summed E-state index contributed by atoms with van der Waals surface area (Å²) in [6.07, 6.45) is 4.44. The quantitative estimate of drug-likeness (QED) is 0.903. The molecule has 1 aliphatic carbocycles. The number of rotatable bonds is 2. The van der Waals surface area contributed by atoms with Gasteiger partial charge in [0.25, 0.3) is 0 Å². The molecular formula is C13H17N3OS. The van der Waals surface area contributed by atoms with Crippen molar-refractivity contribution in [1.29, 1.82) is 0 Å². The van der Waals surface area contributed by atoms with E-state index in [1.165, 1.54) is 12.8 Å². The molecule has 3 rings (SSSR count). The zero-order chi connectivity index (χ0) is 12.6. The van der Waals surface area contributed by atoms with Crippen molar-refractivity contribution in [3.8, 4) is 11.4 Å². The average Bonchev–Trinajstić information content (AvgIpc) is 2.99. The Bertz CT molecular complexity index is 518. The van der Waals surface area contributed by atoms with Gasteiger partial charge >= 0.3 is 0 Å². The molecule has 0 bridgehead atoms. The van der Waals surface area contributed by atoms with Crippen molar-refractivity contribution in [2.45, 2.75) is 44.1 Å². The lowest BCUT2D eigenvalue weighted by molar-refractivity contribution is 0.223. The van der Waals surface area contributed by atoms with E-state index in [1.807, 2.05) is 16.8 Å². The minimum atomic E-state index is -0.225. The van der Waals surface area contributed by atoms with Crippen LogP contribution in [0.5, 0.6) is 0 Å². The van der Waals surface area contributed by atoms with Crippen LogP contribution in [0.25, 0.3) is 11.4 Å². The van der Waals surface area contributed by atoms with E-state index in [-0.39, 0.29) is 11.5 Å². The monoisotopic (exact) mass is 263 g/mol. The van der Waals surface area contributed by atoms with E-state index < -0.39 is 0 Å². The van der Waals surface area contributed by atoms with E-state index in [2.05, 4.69) is 17.1 Å². The second-order valence-electron chi connectivity index (χ2n) is 5.27. The Morgan fingerprint density at radius 3 is 3.11 bits per heavy atom. The highest BCUT2D eigenvalue weighted by atomic mass is 32.1. The summed E-state index contributed by atoms with van der Waals surface area (Å²) in [4.78, 5) is 4.52. The number of thiophene rings is 1. The summed E-state index contributed by atoms with van der Waals surface area (Å²) in [5.74, 6) is 1.56. The minimum absolute atomic E-state index is 0.186. The minimum Gasteiger partial charge on any atom is -0.339 e. The molecule has 0 aliphatic heterocycles. The third-order valence-electron chi connectivity index (χ3n) is 3.77. The van der Waals surface area contributed by atoms with Gasteiger partial charge in [-0.3, -0.25) is 0 Å². The van der Waals surface area contributed by atoms with Gasteiger partial charge in [-0.1, -0.05) is 18.0 Å². The molecule has 0 saturated heterocycles. The van der Waals surface area contributed by atoms with Crippen molar-refractivity contribution in [2.75, 3.05) is 0 Å². The number of aromatic nitrogens is 2. The zero-order valence-electron chi connectivity index (χ0n) is 10.4. The molecular weight excluding hydrogens is 246 g/mol. The second-order valence-corrected chi connectivity index (χ2v) is 6.05. The van der Waals surface area contributed by atoms with Crippen LogP contribution in [0.3, 0.4) is 0 Å². The number of nitrogens with zero attached hydrogens (tertiary/aromatic N) is 2. The van der Waals surface area contributed by atoms with Crippen molar-refractivity contribution in [2.24, 2.45) is 5.73 Å². The van der Waals surface area contributed by atoms with Gasteiger partial charge in [-0.25, -0.2) is 0 Å². The van der Waals surface area contributed by atoms with E-state index >= 15 is 0 Å². The topological polar surface area (TPSA) is 64.9 Å². The molecule has 0 spiro atoms. The lowest BCUT2D eigenvalue weighted by Gasteiger charge is -2.35. The van der Waals surface area contributed by atoms with Gasteiger partial charge in [-0.15, -0.1) is 0 Å². The number of hydrogen-bond acceptors (Lipinski definition) is 5. The lowest BCUT2D eigenvalue weighted by atomic mass is 9.74. The Morgan fingerprint density at radius 2 is 2.39 bits per heavy atom. The highest BCUT2D eigenvalue weighted by Gasteiger charge is 2.37. The van der Waals surface area contributed by atoms with Gasteiger partial charge in [0.05, 0.1) is 5.92 Å². The van der Waals surface area contributed by atoms with Crippen LogP contribution in [0.1, 0.15) is 44.4 Å². The van der Waals surface area contributed by atoms with E-state index in [1.54, 1.807) is 11.3 Å². The summed E-state index contributed by atoms with van der Waals surface area (Å²) in [5.41, 5.74) is 7.15. The molecule has 1 saturated carbocycles. The molecule has 0 aromatic carbocycles. The molecule has 2 aromatic heterocycles. The van der Waals surface area contributed by atoms with Crippen LogP contribution in [0.2, 0.25) is 0 Å². The fourth-order valence-electron chi connectivity index (χ4n) is 2.65. The van der Waals surface area contributed by atoms with Gasteiger partial charge in [0, 0.05) is 16.5 Å². The molecule has 0 amide bonds. The van der Waals surface area contributed by atoms with E-state index in [4.69, 9.17) is 10.3 Å². The summed E-state index contributed by atoms with van der Waals surface area (Å²) in [6, 6.07) is 2.00. The molecule has 2 atom stereocenters. The maximum Gasteiger partial charge on any atom is 0.231 e. The predicted molar refractivity (Wildman–Crippen MR) is 71.4 cm³/mol. The number of nitrogens with two attached hydrogens (primary N) is 1. The third kappa shape index (κ3) is 2.08. The molecule has 2 aromatic rings. The van der Waals surface area contributed by atoms with Crippen LogP contribution < -0.4 is 5.73 Å². The molecule has 1 aliphatic rings. The zero-order valence-corrected chi connectivity index (χ0v) is 11.2. The largest absolute Gasteiger partial charge is 0.339 e. The normalized spacial score (nSPS) is 28.4. The summed E-state index contributed by atoms with van der Waals surface area (Å²) in [6.45, 7) is 2.09. The molecule has 5 heteroatoms. The van der Waals surface area contributed by atoms with Gasteiger partial charge in [0.1, 0.15) is 0 Å². The number of hydrogen-bond donors (Lipinski definition) is 1. The van der Waals surface area contributed by atoms with Crippen LogP contribution in [-0.4, -0.2) is 15.7 Å². The van der Waals surface area contributed by atoms with Crippen molar-refractivity contribution in [3.05, 3.63) is 22.7 Å². The molecule has 1 fully saturated rings. The SMILES string of the molecule is CC1(N)CCCCC1c1nc(-c2ccsc2)no1. The van der Waals surface area contributed by atoms with Crippen LogP contribution in [-0.2, 0) is 0 Å². The molecule has 2 N–H and O–H groups in total. The first-order valence-electron chi connectivity index (χ1n) is 6.32. The van der Waals surface area contributed by atoms with Crippen LogP contribution in [0.4, 0.5) is 0 Å². The molecule has 96 valence electrons. The van der Waals surface area contributed by atoms with Gasteiger partial charge in [-0.05, 0) is 31.2 Å².